The van der Waals surface area contributed by atoms with Crippen LogP contribution in [0.2, 0.25) is 0 Å². The summed E-state index contributed by atoms with van der Waals surface area (Å²) in [5.74, 6) is 1.56. The van der Waals surface area contributed by atoms with Crippen molar-refractivity contribution < 1.29 is 19.4 Å². The van der Waals surface area contributed by atoms with E-state index in [0.717, 1.165) is 17.9 Å². The Balaban J connectivity index is 1.19. The zero-order chi connectivity index (χ0) is 21.5. The zero-order valence-corrected chi connectivity index (χ0v) is 17.7. The Morgan fingerprint density at radius 2 is 1.97 bits per heavy atom. The van der Waals surface area contributed by atoms with E-state index in [1.165, 1.54) is 0 Å². The van der Waals surface area contributed by atoms with Gasteiger partial charge < -0.3 is 29.7 Å². The molecule has 8 heteroatoms. The van der Waals surface area contributed by atoms with Crippen LogP contribution in [0.3, 0.4) is 0 Å². The summed E-state index contributed by atoms with van der Waals surface area (Å²) < 4.78 is 10.9. The molecule has 2 N–H and O–H groups in total. The molecular weight excluding hydrogens is 396 g/mol. The number of pyridine rings is 1. The summed E-state index contributed by atoms with van der Waals surface area (Å²) in [5.41, 5.74) is 0.329. The van der Waals surface area contributed by atoms with Crippen molar-refractivity contribution in [2.45, 2.75) is 18.6 Å². The second-order valence-corrected chi connectivity index (χ2v) is 8.11. The third-order valence-electron chi connectivity index (χ3n) is 5.74. The van der Waals surface area contributed by atoms with Crippen molar-refractivity contribution in [3.63, 3.8) is 0 Å². The smallest absolute Gasteiger partial charge is 0.260 e. The number of aliphatic hydroxyl groups is 1. The first-order chi connectivity index (χ1) is 15.1. The fraction of sp³-hybridized carbons (Fsp3) is 0.478. The van der Waals surface area contributed by atoms with E-state index in [0.29, 0.717) is 58.1 Å². The van der Waals surface area contributed by atoms with Crippen LogP contribution in [0.25, 0.3) is 0 Å². The summed E-state index contributed by atoms with van der Waals surface area (Å²) in [6.07, 6.45) is 2.48. The number of amides is 1. The number of carbonyl (C=O) groups excluding carboxylic acids is 1. The highest BCUT2D eigenvalue weighted by atomic mass is 16.5. The second kappa shape index (κ2) is 10.1. The van der Waals surface area contributed by atoms with E-state index in [4.69, 9.17) is 9.47 Å². The predicted molar refractivity (Wildman–Crippen MR) is 117 cm³/mol. The van der Waals surface area contributed by atoms with Gasteiger partial charge in [0.05, 0.1) is 18.8 Å². The molecule has 0 aliphatic carbocycles. The lowest BCUT2D eigenvalue weighted by Gasteiger charge is -2.26. The SMILES string of the molecule is O=C(COc1ccc(CNC[C@@]2(O)CCN(c3ccccn3)C2)cc1)N1CCOCC1. The number of anilines is 1. The van der Waals surface area contributed by atoms with Gasteiger partial charge in [0.2, 0.25) is 0 Å². The van der Waals surface area contributed by atoms with Gasteiger partial charge in [-0.25, -0.2) is 4.98 Å². The largest absolute Gasteiger partial charge is 0.484 e. The lowest BCUT2D eigenvalue weighted by Crippen LogP contribution is -2.43. The molecule has 2 aliphatic rings. The third kappa shape index (κ3) is 5.94. The number of nitrogens with one attached hydrogen (secondary N) is 1. The Bertz CT molecular complexity index is 842. The monoisotopic (exact) mass is 426 g/mol. The van der Waals surface area contributed by atoms with Gasteiger partial charge in [-0.2, -0.15) is 0 Å². The molecule has 0 unspecified atom stereocenters. The molecule has 8 nitrogen and oxygen atoms in total. The van der Waals surface area contributed by atoms with Crippen molar-refractivity contribution in [3.8, 4) is 5.75 Å². The molecule has 4 rings (SSSR count). The first-order valence-electron chi connectivity index (χ1n) is 10.8. The molecule has 0 saturated carbocycles. The number of nitrogens with zero attached hydrogens (tertiary/aromatic N) is 3. The van der Waals surface area contributed by atoms with Gasteiger partial charge in [0, 0.05) is 45.5 Å². The molecule has 31 heavy (non-hydrogen) atoms. The summed E-state index contributed by atoms with van der Waals surface area (Å²) in [4.78, 5) is 20.4. The molecule has 1 aromatic heterocycles. The number of hydrogen-bond acceptors (Lipinski definition) is 7. The second-order valence-electron chi connectivity index (χ2n) is 8.11. The van der Waals surface area contributed by atoms with Crippen molar-refractivity contribution >= 4 is 11.7 Å². The molecule has 0 bridgehead atoms. The van der Waals surface area contributed by atoms with Gasteiger partial charge in [0.1, 0.15) is 11.6 Å². The van der Waals surface area contributed by atoms with Crippen molar-refractivity contribution in [3.05, 3.63) is 54.2 Å². The van der Waals surface area contributed by atoms with E-state index in [1.54, 1.807) is 11.1 Å². The van der Waals surface area contributed by atoms with E-state index in [1.807, 2.05) is 42.5 Å². The van der Waals surface area contributed by atoms with Crippen LogP contribution in [0.1, 0.15) is 12.0 Å². The van der Waals surface area contributed by atoms with Crippen LogP contribution < -0.4 is 15.0 Å². The van der Waals surface area contributed by atoms with Crippen molar-refractivity contribution in [1.29, 1.82) is 0 Å². The molecule has 1 atom stereocenters. The Kier molecular flexibility index (Phi) is 7.01. The Labute approximate surface area is 182 Å². The number of rotatable bonds is 8. The summed E-state index contributed by atoms with van der Waals surface area (Å²) in [5, 5.41) is 14.2. The number of β-amino-alcohol motifs (C(OH)–C–C–N with tert-alkyl or cyclic N) is 1. The number of aromatic nitrogens is 1. The number of carbonyl (C=O) groups is 1. The van der Waals surface area contributed by atoms with Crippen LogP contribution in [-0.2, 0) is 16.1 Å². The maximum absolute atomic E-state index is 12.2. The molecule has 0 spiro atoms. The van der Waals surface area contributed by atoms with Gasteiger partial charge >= 0.3 is 0 Å². The first-order valence-corrected chi connectivity index (χ1v) is 10.8. The summed E-state index contributed by atoms with van der Waals surface area (Å²) >= 11 is 0. The van der Waals surface area contributed by atoms with Crippen molar-refractivity contribution in [2.24, 2.45) is 0 Å². The van der Waals surface area contributed by atoms with Gasteiger partial charge in [-0.15, -0.1) is 0 Å². The minimum absolute atomic E-state index is 0.0152. The summed E-state index contributed by atoms with van der Waals surface area (Å²) in [6, 6.07) is 13.5. The van der Waals surface area contributed by atoms with Gasteiger partial charge in [0.15, 0.2) is 6.61 Å². The number of hydrogen-bond donors (Lipinski definition) is 2. The molecule has 2 fully saturated rings. The van der Waals surface area contributed by atoms with E-state index < -0.39 is 5.60 Å². The summed E-state index contributed by atoms with van der Waals surface area (Å²) in [6.45, 7) is 5.00. The van der Waals surface area contributed by atoms with Gasteiger partial charge in [-0.1, -0.05) is 18.2 Å². The van der Waals surface area contributed by atoms with Crippen LogP contribution >= 0.6 is 0 Å². The molecule has 2 aromatic rings. The van der Waals surface area contributed by atoms with Gasteiger partial charge in [0.25, 0.3) is 5.91 Å². The Morgan fingerprint density at radius 1 is 1.16 bits per heavy atom. The number of benzene rings is 1. The van der Waals surface area contributed by atoms with Crippen LogP contribution in [0.5, 0.6) is 5.75 Å². The molecule has 0 radical (unpaired) electrons. The highest BCUT2D eigenvalue weighted by Crippen LogP contribution is 2.25. The number of morpholine rings is 1. The van der Waals surface area contributed by atoms with Crippen molar-refractivity contribution in [2.75, 3.05) is 57.4 Å². The fourth-order valence-corrected chi connectivity index (χ4v) is 3.93. The molecule has 166 valence electrons. The van der Waals surface area contributed by atoms with Gasteiger partial charge in [-0.3, -0.25) is 4.79 Å². The third-order valence-corrected chi connectivity index (χ3v) is 5.74. The van der Waals surface area contributed by atoms with Crippen LogP contribution in [0, 0.1) is 0 Å². The number of ether oxygens (including phenoxy) is 2. The molecule has 1 aromatic carbocycles. The Morgan fingerprint density at radius 3 is 2.71 bits per heavy atom. The van der Waals surface area contributed by atoms with E-state index >= 15 is 0 Å². The highest BCUT2D eigenvalue weighted by molar-refractivity contribution is 5.77. The fourth-order valence-electron chi connectivity index (χ4n) is 3.93. The van der Waals surface area contributed by atoms with E-state index in [9.17, 15) is 9.90 Å². The van der Waals surface area contributed by atoms with Crippen LogP contribution in [0.15, 0.2) is 48.7 Å². The normalized spacial score (nSPS) is 21.3. The maximum Gasteiger partial charge on any atom is 0.260 e. The quantitative estimate of drug-likeness (QED) is 0.652. The zero-order valence-electron chi connectivity index (χ0n) is 17.7. The van der Waals surface area contributed by atoms with E-state index in [-0.39, 0.29) is 12.5 Å². The maximum atomic E-state index is 12.2. The lowest BCUT2D eigenvalue weighted by atomic mass is 10.0. The van der Waals surface area contributed by atoms with Crippen molar-refractivity contribution in [1.82, 2.24) is 15.2 Å². The topological polar surface area (TPSA) is 87.2 Å². The molecule has 2 aliphatic heterocycles. The standard InChI is InChI=1S/C23H30N4O4/c28-22(26-11-13-30-14-12-26)16-31-20-6-4-19(5-7-20)15-24-17-23(29)8-10-27(18-23)21-3-1-2-9-25-21/h1-7,9,24,29H,8,10-18H2/t23-/m0/s1. The average molecular weight is 427 g/mol. The predicted octanol–water partition coefficient (Wildman–Crippen LogP) is 1.05. The summed E-state index contributed by atoms with van der Waals surface area (Å²) in [7, 11) is 0. The molecular formula is C23H30N4O4. The lowest BCUT2D eigenvalue weighted by molar-refractivity contribution is -0.137. The van der Waals surface area contributed by atoms with Gasteiger partial charge in [-0.05, 0) is 36.2 Å². The first kappa shape index (κ1) is 21.5. The highest BCUT2D eigenvalue weighted by Gasteiger charge is 2.36. The molecule has 2 saturated heterocycles. The Hall–Kier alpha value is -2.68. The van der Waals surface area contributed by atoms with Crippen LogP contribution in [-0.4, -0.2) is 79.0 Å². The van der Waals surface area contributed by atoms with Crippen LogP contribution in [0.4, 0.5) is 5.82 Å². The molecule has 3 heterocycles. The van der Waals surface area contributed by atoms with E-state index in [2.05, 4.69) is 15.2 Å². The average Bonchev–Trinajstić information content (AvgIpc) is 3.21. The molecule has 1 amide bonds. The minimum Gasteiger partial charge on any atom is -0.484 e. The minimum atomic E-state index is -0.763.